The third kappa shape index (κ3) is 5.42. The van der Waals surface area contributed by atoms with E-state index in [-0.39, 0.29) is 23.7 Å². The van der Waals surface area contributed by atoms with Crippen molar-refractivity contribution in [1.82, 2.24) is 9.88 Å². The summed E-state index contributed by atoms with van der Waals surface area (Å²) in [7, 11) is 1.55. The minimum atomic E-state index is -0.271. The SMILES string of the molecule is COc1ccc(NC(=O)[C@@H]2C[C@@H](c3ccc(F)cc3)N(CCOc3ccccc3)C2)cn1. The van der Waals surface area contributed by atoms with Gasteiger partial charge >= 0.3 is 0 Å². The van der Waals surface area contributed by atoms with Crippen molar-refractivity contribution in [1.29, 1.82) is 0 Å². The second-order valence-corrected chi connectivity index (χ2v) is 7.73. The van der Waals surface area contributed by atoms with Gasteiger partial charge in [-0.2, -0.15) is 0 Å². The van der Waals surface area contributed by atoms with E-state index in [0.717, 1.165) is 11.3 Å². The molecule has 3 aromatic rings. The molecule has 1 aliphatic heterocycles. The number of pyridine rings is 1. The fourth-order valence-electron chi connectivity index (χ4n) is 3.99. The predicted octanol–water partition coefficient (Wildman–Crippen LogP) is 4.31. The highest BCUT2D eigenvalue weighted by atomic mass is 19.1. The molecule has 1 aromatic heterocycles. The van der Waals surface area contributed by atoms with Gasteiger partial charge in [-0.05, 0) is 42.3 Å². The van der Waals surface area contributed by atoms with Gasteiger partial charge in [0.1, 0.15) is 18.2 Å². The molecule has 1 saturated heterocycles. The lowest BCUT2D eigenvalue weighted by Crippen LogP contribution is -2.31. The summed E-state index contributed by atoms with van der Waals surface area (Å²) in [5.74, 6) is 0.766. The standard InChI is InChI=1S/C25H26FN3O3/c1-31-24-12-11-21(16-27-24)28-25(30)19-15-23(18-7-9-20(26)10-8-18)29(17-19)13-14-32-22-5-3-2-4-6-22/h2-12,16,19,23H,13-15,17H2,1H3,(H,28,30)/t19-,23+/m1/s1. The summed E-state index contributed by atoms with van der Waals surface area (Å²) in [5, 5.41) is 2.94. The summed E-state index contributed by atoms with van der Waals surface area (Å²) in [5.41, 5.74) is 1.62. The Morgan fingerprint density at radius 2 is 1.91 bits per heavy atom. The van der Waals surface area contributed by atoms with Crippen molar-refractivity contribution in [3.8, 4) is 11.6 Å². The van der Waals surface area contributed by atoms with Gasteiger partial charge in [-0.25, -0.2) is 9.37 Å². The molecule has 0 radical (unpaired) electrons. The first-order valence-electron chi connectivity index (χ1n) is 10.6. The number of carbonyl (C=O) groups is 1. The molecule has 6 nitrogen and oxygen atoms in total. The van der Waals surface area contributed by atoms with Crippen LogP contribution in [0.2, 0.25) is 0 Å². The molecule has 2 aromatic carbocycles. The number of anilines is 1. The summed E-state index contributed by atoms with van der Waals surface area (Å²) in [6, 6.07) is 19.6. The van der Waals surface area contributed by atoms with Crippen molar-refractivity contribution in [3.63, 3.8) is 0 Å². The third-order valence-electron chi connectivity index (χ3n) is 5.63. The summed E-state index contributed by atoms with van der Waals surface area (Å²) in [4.78, 5) is 19.3. The smallest absolute Gasteiger partial charge is 0.228 e. The van der Waals surface area contributed by atoms with Crippen LogP contribution in [0.25, 0.3) is 0 Å². The fourth-order valence-corrected chi connectivity index (χ4v) is 3.99. The minimum Gasteiger partial charge on any atom is -0.492 e. The van der Waals surface area contributed by atoms with Gasteiger partial charge in [0.05, 0.1) is 24.9 Å². The number of likely N-dealkylation sites (tertiary alicyclic amines) is 1. The topological polar surface area (TPSA) is 63.7 Å². The molecule has 0 spiro atoms. The highest BCUT2D eigenvalue weighted by Crippen LogP contribution is 2.36. The second kappa shape index (κ2) is 10.2. The molecule has 4 rings (SSSR count). The molecule has 1 aliphatic rings. The van der Waals surface area contributed by atoms with E-state index in [1.54, 1.807) is 37.6 Å². The van der Waals surface area contributed by atoms with Crippen molar-refractivity contribution >= 4 is 11.6 Å². The minimum absolute atomic E-state index is 0.0136. The first kappa shape index (κ1) is 21.8. The maximum absolute atomic E-state index is 13.4. The average Bonchev–Trinajstić information content (AvgIpc) is 3.25. The Balaban J connectivity index is 1.43. The number of carbonyl (C=O) groups excluding carboxylic acids is 1. The summed E-state index contributed by atoms with van der Waals surface area (Å²) in [6.07, 6.45) is 2.22. The Bertz CT molecular complexity index is 1010. The number of amides is 1. The first-order chi connectivity index (χ1) is 15.6. The van der Waals surface area contributed by atoms with Crippen LogP contribution in [0.15, 0.2) is 72.9 Å². The molecule has 2 atom stereocenters. The van der Waals surface area contributed by atoms with Crippen molar-refractivity contribution in [2.24, 2.45) is 5.92 Å². The van der Waals surface area contributed by atoms with Gasteiger partial charge in [0.2, 0.25) is 11.8 Å². The van der Waals surface area contributed by atoms with E-state index < -0.39 is 0 Å². The van der Waals surface area contributed by atoms with E-state index >= 15 is 0 Å². The van der Waals surface area contributed by atoms with Crippen LogP contribution in [0.1, 0.15) is 18.0 Å². The number of benzene rings is 2. The van der Waals surface area contributed by atoms with Crippen molar-refractivity contribution in [2.75, 3.05) is 32.1 Å². The lowest BCUT2D eigenvalue weighted by molar-refractivity contribution is -0.119. The van der Waals surface area contributed by atoms with E-state index in [0.29, 0.717) is 37.7 Å². The van der Waals surface area contributed by atoms with E-state index in [4.69, 9.17) is 9.47 Å². The van der Waals surface area contributed by atoms with Crippen molar-refractivity contribution < 1.29 is 18.7 Å². The molecule has 1 N–H and O–H groups in total. The van der Waals surface area contributed by atoms with Gasteiger partial charge in [-0.1, -0.05) is 30.3 Å². The largest absolute Gasteiger partial charge is 0.492 e. The van der Waals surface area contributed by atoms with Gasteiger partial charge < -0.3 is 14.8 Å². The van der Waals surface area contributed by atoms with E-state index in [2.05, 4.69) is 15.2 Å². The predicted molar refractivity (Wildman–Crippen MR) is 120 cm³/mol. The van der Waals surface area contributed by atoms with Gasteiger partial charge in [0.15, 0.2) is 0 Å². The van der Waals surface area contributed by atoms with E-state index in [9.17, 15) is 9.18 Å². The zero-order valence-corrected chi connectivity index (χ0v) is 17.9. The zero-order valence-electron chi connectivity index (χ0n) is 17.9. The van der Waals surface area contributed by atoms with Crippen LogP contribution in [-0.4, -0.2) is 42.6 Å². The number of nitrogens with one attached hydrogen (secondary N) is 1. The van der Waals surface area contributed by atoms with E-state index in [1.165, 1.54) is 12.1 Å². The monoisotopic (exact) mass is 435 g/mol. The number of nitrogens with zero attached hydrogens (tertiary/aromatic N) is 2. The molecule has 0 bridgehead atoms. The molecule has 0 unspecified atom stereocenters. The highest BCUT2D eigenvalue weighted by molar-refractivity contribution is 5.92. The number of aromatic nitrogens is 1. The highest BCUT2D eigenvalue weighted by Gasteiger charge is 2.36. The van der Waals surface area contributed by atoms with Crippen molar-refractivity contribution in [2.45, 2.75) is 12.5 Å². The van der Waals surface area contributed by atoms with Crippen LogP contribution in [0, 0.1) is 11.7 Å². The molecule has 2 heterocycles. The van der Waals surface area contributed by atoms with Gasteiger partial charge in [-0.15, -0.1) is 0 Å². The number of hydrogen-bond donors (Lipinski definition) is 1. The lowest BCUT2D eigenvalue weighted by Gasteiger charge is -2.24. The summed E-state index contributed by atoms with van der Waals surface area (Å²) in [6.45, 7) is 1.75. The average molecular weight is 435 g/mol. The summed E-state index contributed by atoms with van der Waals surface area (Å²) >= 11 is 0. The van der Waals surface area contributed by atoms with Crippen LogP contribution >= 0.6 is 0 Å². The zero-order chi connectivity index (χ0) is 22.3. The van der Waals surface area contributed by atoms with Crippen molar-refractivity contribution in [3.05, 3.63) is 84.3 Å². The third-order valence-corrected chi connectivity index (χ3v) is 5.63. The number of methoxy groups -OCH3 is 1. The Hall–Kier alpha value is -3.45. The number of rotatable bonds is 8. The van der Waals surface area contributed by atoms with E-state index in [1.807, 2.05) is 30.3 Å². The molecule has 32 heavy (non-hydrogen) atoms. The van der Waals surface area contributed by atoms with Crippen LogP contribution in [0.5, 0.6) is 11.6 Å². The van der Waals surface area contributed by atoms with Crippen LogP contribution < -0.4 is 14.8 Å². The van der Waals surface area contributed by atoms with Crippen LogP contribution in [0.4, 0.5) is 10.1 Å². The quantitative estimate of drug-likeness (QED) is 0.571. The molecule has 166 valence electrons. The van der Waals surface area contributed by atoms with Gasteiger partial charge in [0.25, 0.3) is 0 Å². The molecular formula is C25H26FN3O3. The Kier molecular flexibility index (Phi) is 6.97. The Morgan fingerprint density at radius 3 is 2.59 bits per heavy atom. The maximum Gasteiger partial charge on any atom is 0.228 e. The number of para-hydroxylation sites is 1. The molecule has 1 amide bonds. The lowest BCUT2D eigenvalue weighted by atomic mass is 9.99. The first-order valence-corrected chi connectivity index (χ1v) is 10.6. The maximum atomic E-state index is 13.4. The molecule has 0 saturated carbocycles. The van der Waals surface area contributed by atoms with Gasteiger partial charge in [-0.3, -0.25) is 9.69 Å². The van der Waals surface area contributed by atoms with Crippen LogP contribution in [0.3, 0.4) is 0 Å². The molecular weight excluding hydrogens is 409 g/mol. The Labute approximate surface area is 187 Å². The van der Waals surface area contributed by atoms with Gasteiger partial charge in [0, 0.05) is 25.2 Å². The van der Waals surface area contributed by atoms with Crippen LogP contribution in [-0.2, 0) is 4.79 Å². The molecule has 7 heteroatoms. The molecule has 0 aliphatic carbocycles. The number of hydrogen-bond acceptors (Lipinski definition) is 5. The summed E-state index contributed by atoms with van der Waals surface area (Å²) < 4.78 is 24.4. The number of halogens is 1. The Morgan fingerprint density at radius 1 is 1.12 bits per heavy atom. The normalized spacial score (nSPS) is 18.3. The fraction of sp³-hybridized carbons (Fsp3) is 0.280. The number of ether oxygens (including phenoxy) is 2. The second-order valence-electron chi connectivity index (χ2n) is 7.73. The molecule has 1 fully saturated rings.